The highest BCUT2D eigenvalue weighted by atomic mass is 35.5. The molecular weight excluding hydrogens is 196 g/mol. The van der Waals surface area contributed by atoms with Crippen molar-refractivity contribution in [3.63, 3.8) is 0 Å². The number of benzene rings is 1. The van der Waals surface area contributed by atoms with Crippen LogP contribution in [0.2, 0.25) is 5.02 Å². The van der Waals surface area contributed by atoms with Crippen LogP contribution in [0.3, 0.4) is 0 Å². The maximum atomic E-state index is 6.05. The maximum absolute atomic E-state index is 6.05. The Kier molecular flexibility index (Phi) is 2.78. The number of hydrogen-bond acceptors (Lipinski definition) is 1. The molecule has 0 radical (unpaired) electrons. The molecule has 0 aromatic heterocycles. The Balaban J connectivity index is 2.06. The van der Waals surface area contributed by atoms with Crippen molar-refractivity contribution < 1.29 is 4.74 Å². The first-order valence-corrected chi connectivity index (χ1v) is 5.23. The summed E-state index contributed by atoms with van der Waals surface area (Å²) in [6.07, 6.45) is 4.29. The van der Waals surface area contributed by atoms with Gasteiger partial charge in [-0.05, 0) is 31.4 Å². The van der Waals surface area contributed by atoms with Gasteiger partial charge in [0.05, 0.1) is 6.26 Å². The third kappa shape index (κ3) is 2.30. The molecule has 0 aliphatic heterocycles. The zero-order valence-electron chi connectivity index (χ0n) is 8.16. The molecule has 0 saturated heterocycles. The van der Waals surface area contributed by atoms with Crippen LogP contribution < -0.4 is 0 Å². The molecule has 1 nitrogen and oxygen atoms in total. The highest BCUT2D eigenvalue weighted by Gasteiger charge is 2.13. The average Bonchev–Trinajstić information content (AvgIpc) is 2.98. The number of allylic oxidation sites excluding steroid dienone is 1. The van der Waals surface area contributed by atoms with Crippen molar-refractivity contribution in [2.75, 3.05) is 0 Å². The summed E-state index contributed by atoms with van der Waals surface area (Å²) in [7, 11) is 0. The monoisotopic (exact) mass is 208 g/mol. The van der Waals surface area contributed by atoms with E-state index in [4.69, 9.17) is 16.3 Å². The lowest BCUT2D eigenvalue weighted by Gasteiger charge is -2.12. The molecule has 14 heavy (non-hydrogen) atoms. The van der Waals surface area contributed by atoms with E-state index in [1.54, 1.807) is 0 Å². The van der Waals surface area contributed by atoms with Crippen molar-refractivity contribution in [2.45, 2.75) is 25.9 Å². The molecule has 1 atom stereocenters. The van der Waals surface area contributed by atoms with Gasteiger partial charge in [0.1, 0.15) is 6.10 Å². The second-order valence-electron chi connectivity index (χ2n) is 3.58. The maximum Gasteiger partial charge on any atom is 0.121 e. The summed E-state index contributed by atoms with van der Waals surface area (Å²) >= 11 is 6.05. The zero-order chi connectivity index (χ0) is 9.97. The van der Waals surface area contributed by atoms with Crippen molar-refractivity contribution in [3.05, 3.63) is 46.7 Å². The highest BCUT2D eigenvalue weighted by Crippen LogP contribution is 2.30. The van der Waals surface area contributed by atoms with E-state index in [2.05, 4.69) is 0 Å². The summed E-state index contributed by atoms with van der Waals surface area (Å²) in [6.45, 7) is 2.01. The normalized spacial score (nSPS) is 16.3. The highest BCUT2D eigenvalue weighted by molar-refractivity contribution is 6.31. The Labute approximate surface area is 89.3 Å². The average molecular weight is 209 g/mol. The smallest absolute Gasteiger partial charge is 0.121 e. The van der Waals surface area contributed by atoms with Gasteiger partial charge in [-0.15, -0.1) is 0 Å². The van der Waals surface area contributed by atoms with E-state index in [9.17, 15) is 0 Å². The first-order chi connectivity index (χ1) is 6.77. The zero-order valence-corrected chi connectivity index (χ0v) is 8.92. The van der Waals surface area contributed by atoms with Gasteiger partial charge in [0.15, 0.2) is 0 Å². The molecule has 1 aromatic rings. The molecule has 0 amide bonds. The van der Waals surface area contributed by atoms with Crippen molar-refractivity contribution >= 4 is 11.6 Å². The lowest BCUT2D eigenvalue weighted by atomic mass is 10.1. The van der Waals surface area contributed by atoms with Crippen LogP contribution in [0.15, 0.2) is 36.1 Å². The summed E-state index contributed by atoms with van der Waals surface area (Å²) in [5.74, 6) is 0. The van der Waals surface area contributed by atoms with E-state index in [1.807, 2.05) is 37.5 Å². The van der Waals surface area contributed by atoms with Crippen LogP contribution in [0, 0.1) is 0 Å². The van der Waals surface area contributed by atoms with Crippen LogP contribution in [0.5, 0.6) is 0 Å². The molecule has 1 aromatic carbocycles. The largest absolute Gasteiger partial charge is 0.494 e. The summed E-state index contributed by atoms with van der Waals surface area (Å²) < 4.78 is 5.59. The fourth-order valence-electron chi connectivity index (χ4n) is 1.27. The van der Waals surface area contributed by atoms with Gasteiger partial charge >= 0.3 is 0 Å². The van der Waals surface area contributed by atoms with Crippen LogP contribution in [-0.4, -0.2) is 0 Å². The predicted octanol–water partition coefficient (Wildman–Crippen LogP) is 4.10. The molecule has 1 fully saturated rings. The molecule has 1 aliphatic carbocycles. The van der Waals surface area contributed by atoms with Gasteiger partial charge in [-0.3, -0.25) is 0 Å². The molecule has 0 spiro atoms. The van der Waals surface area contributed by atoms with E-state index in [1.165, 1.54) is 18.4 Å². The van der Waals surface area contributed by atoms with Crippen LogP contribution in [0.1, 0.15) is 31.4 Å². The summed E-state index contributed by atoms with van der Waals surface area (Å²) in [4.78, 5) is 0. The Morgan fingerprint density at radius 2 is 2.07 bits per heavy atom. The van der Waals surface area contributed by atoms with Crippen LogP contribution in [0.4, 0.5) is 0 Å². The van der Waals surface area contributed by atoms with Gasteiger partial charge in [0.25, 0.3) is 0 Å². The standard InChI is InChI=1S/C12H13ClO/c1-9(14-8-10-6-7-10)11-4-2-3-5-12(11)13/h2-5,8-9H,6-7H2,1H3. The summed E-state index contributed by atoms with van der Waals surface area (Å²) in [5, 5.41) is 0.772. The minimum Gasteiger partial charge on any atom is -0.494 e. The Morgan fingerprint density at radius 3 is 2.71 bits per heavy atom. The fraction of sp³-hybridized carbons (Fsp3) is 0.333. The molecule has 0 bridgehead atoms. The number of rotatable bonds is 3. The number of halogens is 1. The van der Waals surface area contributed by atoms with E-state index < -0.39 is 0 Å². The van der Waals surface area contributed by atoms with Gasteiger partial charge in [-0.25, -0.2) is 0 Å². The SMILES string of the molecule is CC(OC=C1CC1)c1ccccc1Cl. The van der Waals surface area contributed by atoms with Gasteiger partial charge in [-0.1, -0.05) is 29.8 Å². The van der Waals surface area contributed by atoms with E-state index >= 15 is 0 Å². The Bertz CT molecular complexity index is 351. The van der Waals surface area contributed by atoms with Gasteiger partial charge in [-0.2, -0.15) is 0 Å². The number of hydrogen-bond donors (Lipinski definition) is 0. The van der Waals surface area contributed by atoms with E-state index in [-0.39, 0.29) is 6.10 Å². The fourth-order valence-corrected chi connectivity index (χ4v) is 1.56. The predicted molar refractivity (Wildman–Crippen MR) is 58.3 cm³/mol. The second kappa shape index (κ2) is 4.05. The molecule has 0 N–H and O–H groups in total. The third-order valence-electron chi connectivity index (χ3n) is 2.32. The lowest BCUT2D eigenvalue weighted by Crippen LogP contribution is -1.95. The molecule has 1 aliphatic rings. The Morgan fingerprint density at radius 1 is 1.36 bits per heavy atom. The van der Waals surface area contributed by atoms with Crippen molar-refractivity contribution in [3.8, 4) is 0 Å². The molecule has 1 saturated carbocycles. The molecule has 1 unspecified atom stereocenters. The topological polar surface area (TPSA) is 9.23 Å². The van der Waals surface area contributed by atoms with Crippen molar-refractivity contribution in [1.82, 2.24) is 0 Å². The van der Waals surface area contributed by atoms with E-state index in [0.29, 0.717) is 0 Å². The van der Waals surface area contributed by atoms with Crippen molar-refractivity contribution in [1.29, 1.82) is 0 Å². The van der Waals surface area contributed by atoms with Crippen molar-refractivity contribution in [2.24, 2.45) is 0 Å². The second-order valence-corrected chi connectivity index (χ2v) is 3.98. The first kappa shape index (κ1) is 9.60. The minimum absolute atomic E-state index is 0.0387. The molecule has 74 valence electrons. The Hall–Kier alpha value is -0.950. The third-order valence-corrected chi connectivity index (χ3v) is 2.66. The van der Waals surface area contributed by atoms with Gasteiger partial charge in [0.2, 0.25) is 0 Å². The molecule has 2 heteroatoms. The quantitative estimate of drug-likeness (QED) is 0.680. The van der Waals surface area contributed by atoms with E-state index in [0.717, 1.165) is 10.6 Å². The lowest BCUT2D eigenvalue weighted by molar-refractivity contribution is 0.163. The van der Waals surface area contributed by atoms with Crippen LogP contribution in [0.25, 0.3) is 0 Å². The molecule has 0 heterocycles. The molecular formula is C12H13ClO. The van der Waals surface area contributed by atoms with Crippen LogP contribution >= 0.6 is 11.6 Å². The van der Waals surface area contributed by atoms with Gasteiger partial charge in [0, 0.05) is 10.6 Å². The molecule has 2 rings (SSSR count). The van der Waals surface area contributed by atoms with Crippen LogP contribution in [-0.2, 0) is 4.74 Å². The summed E-state index contributed by atoms with van der Waals surface area (Å²) in [6, 6.07) is 7.79. The number of ether oxygens (including phenoxy) is 1. The first-order valence-electron chi connectivity index (χ1n) is 4.85. The summed E-state index contributed by atoms with van der Waals surface area (Å²) in [5.41, 5.74) is 2.44. The van der Waals surface area contributed by atoms with Gasteiger partial charge < -0.3 is 4.74 Å². The minimum atomic E-state index is 0.0387.